The maximum atomic E-state index is 11.5. The fourth-order valence-electron chi connectivity index (χ4n) is 1.55. The van der Waals surface area contributed by atoms with E-state index in [1.807, 2.05) is 12.1 Å². The van der Waals surface area contributed by atoms with Crippen LogP contribution >= 0.6 is 11.6 Å². The van der Waals surface area contributed by atoms with Gasteiger partial charge in [-0.05, 0) is 12.1 Å². The topological polar surface area (TPSA) is 76.5 Å². The summed E-state index contributed by atoms with van der Waals surface area (Å²) < 4.78 is 1.44. The number of nitrogens with one attached hydrogen (secondary N) is 1. The van der Waals surface area contributed by atoms with Gasteiger partial charge in [-0.25, -0.2) is 4.98 Å². The number of benzene rings is 1. The molecule has 6 nitrogen and oxygen atoms in total. The van der Waals surface area contributed by atoms with Crippen LogP contribution in [-0.4, -0.2) is 25.0 Å². The van der Waals surface area contributed by atoms with Crippen LogP contribution in [0.4, 0.5) is 0 Å². The maximum Gasteiger partial charge on any atom is 0.280 e. The molecule has 1 aromatic carbocycles. The number of nitrogens with zero attached hydrogens (tertiary/aromatic N) is 4. The quantitative estimate of drug-likeness (QED) is 0.700. The lowest BCUT2D eigenvalue weighted by atomic mass is 10.3. The minimum atomic E-state index is -0.326. The molecular formula is C10H6ClN5O. The number of H-pyrrole nitrogens is 1. The molecule has 2 aromatic heterocycles. The Labute approximate surface area is 99.9 Å². The van der Waals surface area contributed by atoms with Gasteiger partial charge >= 0.3 is 0 Å². The van der Waals surface area contributed by atoms with Gasteiger partial charge in [-0.1, -0.05) is 28.9 Å². The standard InChI is InChI=1S/C10H6ClN5O/c11-6-3-1-2-4-7(6)16-9-8(14-15-16)10(17)13-5-12-9/h1-5H,(H,12,13,17). The summed E-state index contributed by atoms with van der Waals surface area (Å²) in [5.41, 5.74) is 0.873. The summed E-state index contributed by atoms with van der Waals surface area (Å²) in [5.74, 6) is 0. The lowest BCUT2D eigenvalue weighted by Crippen LogP contribution is -2.07. The molecule has 17 heavy (non-hydrogen) atoms. The van der Waals surface area contributed by atoms with Crippen LogP contribution in [0.15, 0.2) is 35.4 Å². The average Bonchev–Trinajstić information content (AvgIpc) is 2.75. The lowest BCUT2D eigenvalue weighted by molar-refractivity contribution is 0.817. The predicted octanol–water partition coefficient (Wildman–Crippen LogP) is 1.16. The van der Waals surface area contributed by atoms with E-state index in [2.05, 4.69) is 20.3 Å². The molecule has 0 saturated heterocycles. The zero-order chi connectivity index (χ0) is 11.8. The van der Waals surface area contributed by atoms with Crippen molar-refractivity contribution >= 4 is 22.8 Å². The van der Waals surface area contributed by atoms with Crippen molar-refractivity contribution in [1.82, 2.24) is 25.0 Å². The lowest BCUT2D eigenvalue weighted by Gasteiger charge is -2.02. The largest absolute Gasteiger partial charge is 0.311 e. The third-order valence-corrected chi connectivity index (χ3v) is 2.64. The van der Waals surface area contributed by atoms with Crippen LogP contribution in [0.2, 0.25) is 5.02 Å². The zero-order valence-corrected chi connectivity index (χ0v) is 9.22. The highest BCUT2D eigenvalue weighted by molar-refractivity contribution is 6.32. The van der Waals surface area contributed by atoms with E-state index in [-0.39, 0.29) is 11.1 Å². The zero-order valence-electron chi connectivity index (χ0n) is 8.46. The molecule has 0 bridgehead atoms. The maximum absolute atomic E-state index is 11.5. The van der Waals surface area contributed by atoms with E-state index in [0.29, 0.717) is 16.4 Å². The summed E-state index contributed by atoms with van der Waals surface area (Å²) in [6.07, 6.45) is 1.31. The van der Waals surface area contributed by atoms with Crippen LogP contribution in [0.5, 0.6) is 0 Å². The van der Waals surface area contributed by atoms with E-state index < -0.39 is 0 Å². The molecule has 0 aliphatic heterocycles. The fraction of sp³-hybridized carbons (Fsp3) is 0. The Morgan fingerprint density at radius 3 is 2.94 bits per heavy atom. The van der Waals surface area contributed by atoms with Crippen molar-refractivity contribution in [1.29, 1.82) is 0 Å². The fourth-order valence-corrected chi connectivity index (χ4v) is 1.76. The highest BCUT2D eigenvalue weighted by Gasteiger charge is 2.12. The van der Waals surface area contributed by atoms with Crippen molar-refractivity contribution in [3.63, 3.8) is 0 Å². The minimum Gasteiger partial charge on any atom is -0.311 e. The van der Waals surface area contributed by atoms with Gasteiger partial charge in [0.2, 0.25) is 0 Å². The summed E-state index contributed by atoms with van der Waals surface area (Å²) in [7, 11) is 0. The Hall–Kier alpha value is -2.21. The summed E-state index contributed by atoms with van der Waals surface area (Å²) in [6.45, 7) is 0. The van der Waals surface area contributed by atoms with Crippen molar-refractivity contribution < 1.29 is 0 Å². The van der Waals surface area contributed by atoms with Gasteiger partial charge in [-0.15, -0.1) is 5.10 Å². The van der Waals surface area contributed by atoms with Gasteiger partial charge < -0.3 is 4.98 Å². The molecule has 0 saturated carbocycles. The minimum absolute atomic E-state index is 0.187. The number of hydrogen-bond acceptors (Lipinski definition) is 4. The van der Waals surface area contributed by atoms with Crippen molar-refractivity contribution in [2.45, 2.75) is 0 Å². The smallest absolute Gasteiger partial charge is 0.280 e. The molecule has 0 fully saturated rings. The Kier molecular flexibility index (Phi) is 2.15. The third kappa shape index (κ3) is 1.50. The predicted molar refractivity (Wildman–Crippen MR) is 62.3 cm³/mol. The van der Waals surface area contributed by atoms with Crippen LogP contribution in [0.3, 0.4) is 0 Å². The summed E-state index contributed by atoms with van der Waals surface area (Å²) in [6, 6.07) is 7.14. The second-order valence-electron chi connectivity index (χ2n) is 3.36. The Morgan fingerprint density at radius 2 is 2.12 bits per heavy atom. The molecule has 0 amide bonds. The van der Waals surface area contributed by atoms with E-state index in [1.54, 1.807) is 12.1 Å². The first-order chi connectivity index (χ1) is 8.27. The van der Waals surface area contributed by atoms with Gasteiger partial charge in [-0.2, -0.15) is 4.68 Å². The normalized spacial score (nSPS) is 10.9. The highest BCUT2D eigenvalue weighted by atomic mass is 35.5. The molecule has 1 N–H and O–H groups in total. The number of aromatic nitrogens is 5. The molecule has 0 unspecified atom stereocenters. The Balaban J connectivity index is 2.36. The molecule has 3 rings (SSSR count). The molecular weight excluding hydrogens is 242 g/mol. The summed E-state index contributed by atoms with van der Waals surface area (Å²) in [5, 5.41) is 8.19. The number of para-hydroxylation sites is 1. The van der Waals surface area contributed by atoms with Crippen LogP contribution in [0.1, 0.15) is 0 Å². The van der Waals surface area contributed by atoms with Crippen LogP contribution in [-0.2, 0) is 0 Å². The second-order valence-corrected chi connectivity index (χ2v) is 3.76. The van der Waals surface area contributed by atoms with Gasteiger partial charge in [0.1, 0.15) is 0 Å². The van der Waals surface area contributed by atoms with E-state index in [1.165, 1.54) is 11.0 Å². The Morgan fingerprint density at radius 1 is 1.29 bits per heavy atom. The molecule has 2 heterocycles. The summed E-state index contributed by atoms with van der Waals surface area (Å²) >= 11 is 6.05. The molecule has 84 valence electrons. The van der Waals surface area contributed by atoms with Gasteiger partial charge in [0.25, 0.3) is 5.56 Å². The molecule has 0 aliphatic rings. The Bertz CT molecular complexity index is 748. The van der Waals surface area contributed by atoms with Crippen molar-refractivity contribution in [2.24, 2.45) is 0 Å². The number of rotatable bonds is 1. The molecule has 0 radical (unpaired) electrons. The van der Waals surface area contributed by atoms with Crippen molar-refractivity contribution in [2.75, 3.05) is 0 Å². The first kappa shape index (κ1) is 9.98. The van der Waals surface area contributed by atoms with Gasteiger partial charge in [0.15, 0.2) is 11.2 Å². The molecule has 0 atom stereocenters. The van der Waals surface area contributed by atoms with E-state index in [9.17, 15) is 4.79 Å². The van der Waals surface area contributed by atoms with Gasteiger partial charge in [-0.3, -0.25) is 4.79 Å². The summed E-state index contributed by atoms with van der Waals surface area (Å²) in [4.78, 5) is 17.9. The SMILES string of the molecule is O=c1[nH]cnc2c1nnn2-c1ccccc1Cl. The number of halogens is 1. The van der Waals surface area contributed by atoms with E-state index in [4.69, 9.17) is 11.6 Å². The number of fused-ring (bicyclic) bond motifs is 1. The van der Waals surface area contributed by atoms with E-state index >= 15 is 0 Å². The van der Waals surface area contributed by atoms with Crippen molar-refractivity contribution in [3.05, 3.63) is 46.0 Å². The van der Waals surface area contributed by atoms with Crippen LogP contribution in [0.25, 0.3) is 16.9 Å². The highest BCUT2D eigenvalue weighted by Crippen LogP contribution is 2.20. The van der Waals surface area contributed by atoms with Gasteiger partial charge in [0.05, 0.1) is 17.0 Å². The molecule has 7 heteroatoms. The first-order valence-electron chi connectivity index (χ1n) is 4.81. The second kappa shape index (κ2) is 3.67. The molecule has 3 aromatic rings. The van der Waals surface area contributed by atoms with Crippen LogP contribution < -0.4 is 5.56 Å². The monoisotopic (exact) mass is 247 g/mol. The number of hydrogen-bond donors (Lipinski definition) is 1. The van der Waals surface area contributed by atoms with Crippen molar-refractivity contribution in [3.8, 4) is 5.69 Å². The first-order valence-corrected chi connectivity index (χ1v) is 5.19. The average molecular weight is 248 g/mol. The van der Waals surface area contributed by atoms with Crippen LogP contribution in [0, 0.1) is 0 Å². The van der Waals surface area contributed by atoms with E-state index in [0.717, 1.165) is 0 Å². The number of aromatic amines is 1. The molecule has 0 spiro atoms. The third-order valence-electron chi connectivity index (χ3n) is 2.32. The molecule has 0 aliphatic carbocycles. The van der Waals surface area contributed by atoms with Gasteiger partial charge in [0, 0.05) is 0 Å².